The first-order valence-corrected chi connectivity index (χ1v) is 6.49. The fourth-order valence-corrected chi connectivity index (χ4v) is 2.43. The largest absolute Gasteiger partial charge is 0.299 e. The Morgan fingerprint density at radius 2 is 2.00 bits per heavy atom. The van der Waals surface area contributed by atoms with Crippen LogP contribution in [0, 0.1) is 12.8 Å². The molecule has 0 bridgehead atoms. The van der Waals surface area contributed by atoms with Gasteiger partial charge in [0.15, 0.2) is 0 Å². The number of ketones is 1. The van der Waals surface area contributed by atoms with Gasteiger partial charge in [-0.1, -0.05) is 36.8 Å². The van der Waals surface area contributed by atoms with E-state index < -0.39 is 0 Å². The molecule has 1 atom stereocenters. The van der Waals surface area contributed by atoms with Crippen molar-refractivity contribution in [2.45, 2.75) is 33.2 Å². The molecule has 1 aromatic rings. The van der Waals surface area contributed by atoms with Crippen LogP contribution in [0.5, 0.6) is 0 Å². The highest BCUT2D eigenvalue weighted by atomic mass is 16.1. The van der Waals surface area contributed by atoms with Crippen molar-refractivity contribution in [2.75, 3.05) is 13.1 Å². The van der Waals surface area contributed by atoms with Gasteiger partial charge in [-0.25, -0.2) is 0 Å². The van der Waals surface area contributed by atoms with Crippen LogP contribution in [0.4, 0.5) is 0 Å². The molecule has 2 nitrogen and oxygen atoms in total. The summed E-state index contributed by atoms with van der Waals surface area (Å²) in [5.41, 5.74) is 2.65. The highest BCUT2D eigenvalue weighted by molar-refractivity contribution is 5.82. The van der Waals surface area contributed by atoms with Gasteiger partial charge in [0.2, 0.25) is 0 Å². The van der Waals surface area contributed by atoms with Crippen molar-refractivity contribution in [3.05, 3.63) is 35.4 Å². The molecule has 2 heteroatoms. The van der Waals surface area contributed by atoms with Crippen LogP contribution in [0.15, 0.2) is 24.3 Å². The molecule has 0 aliphatic carbocycles. The van der Waals surface area contributed by atoms with E-state index in [9.17, 15) is 4.79 Å². The lowest BCUT2D eigenvalue weighted by molar-refractivity contribution is -0.126. The maximum atomic E-state index is 11.6. The number of rotatable bonds is 3. The Bertz CT molecular complexity index is 382. The van der Waals surface area contributed by atoms with Gasteiger partial charge >= 0.3 is 0 Å². The van der Waals surface area contributed by atoms with E-state index in [-0.39, 0.29) is 5.92 Å². The molecule has 1 saturated heterocycles. The van der Waals surface area contributed by atoms with Gasteiger partial charge in [0.05, 0.1) is 0 Å². The van der Waals surface area contributed by atoms with Crippen LogP contribution in [0.1, 0.15) is 30.9 Å². The Morgan fingerprint density at radius 1 is 1.29 bits per heavy atom. The van der Waals surface area contributed by atoms with E-state index in [0.717, 1.165) is 32.5 Å². The van der Waals surface area contributed by atoms with Crippen LogP contribution in [0.3, 0.4) is 0 Å². The Kier molecular flexibility index (Phi) is 3.95. The molecule has 1 aliphatic rings. The fourth-order valence-electron chi connectivity index (χ4n) is 2.43. The summed E-state index contributed by atoms with van der Waals surface area (Å²) < 4.78 is 0. The highest BCUT2D eigenvalue weighted by Gasteiger charge is 2.25. The fraction of sp³-hybridized carbons (Fsp3) is 0.533. The molecule has 17 heavy (non-hydrogen) atoms. The number of likely N-dealkylation sites (tertiary alicyclic amines) is 1. The SMILES string of the molecule is CCC1CN(Cc2ccc(C)cc2)CCC1=O. The molecule has 0 amide bonds. The van der Waals surface area contributed by atoms with E-state index in [1.807, 2.05) is 0 Å². The van der Waals surface area contributed by atoms with Crippen molar-refractivity contribution in [3.63, 3.8) is 0 Å². The normalized spacial score (nSPS) is 21.8. The Balaban J connectivity index is 1.95. The van der Waals surface area contributed by atoms with Crippen molar-refractivity contribution in [2.24, 2.45) is 5.92 Å². The zero-order valence-electron chi connectivity index (χ0n) is 10.8. The molecule has 0 radical (unpaired) electrons. The molecule has 1 unspecified atom stereocenters. The molecule has 92 valence electrons. The van der Waals surface area contributed by atoms with Gasteiger partial charge in [0, 0.05) is 32.0 Å². The average molecular weight is 231 g/mol. The second-order valence-corrected chi connectivity index (χ2v) is 5.04. The number of Topliss-reactive ketones (excluding diaryl/α,β-unsaturated/α-hetero) is 1. The minimum atomic E-state index is 0.259. The summed E-state index contributed by atoms with van der Waals surface area (Å²) in [6.45, 7) is 7.05. The number of aryl methyl sites for hydroxylation is 1. The molecular weight excluding hydrogens is 210 g/mol. The first-order chi connectivity index (χ1) is 8.19. The molecule has 1 heterocycles. The van der Waals surface area contributed by atoms with Gasteiger partial charge in [0.1, 0.15) is 5.78 Å². The first kappa shape index (κ1) is 12.3. The summed E-state index contributed by atoms with van der Waals surface area (Å²) in [5, 5.41) is 0. The van der Waals surface area contributed by atoms with E-state index in [2.05, 4.69) is 43.0 Å². The van der Waals surface area contributed by atoms with Gasteiger partial charge in [-0.15, -0.1) is 0 Å². The lowest BCUT2D eigenvalue weighted by atomic mass is 9.94. The van der Waals surface area contributed by atoms with Crippen LogP contribution < -0.4 is 0 Å². The van der Waals surface area contributed by atoms with E-state index >= 15 is 0 Å². The van der Waals surface area contributed by atoms with Gasteiger partial charge in [-0.2, -0.15) is 0 Å². The average Bonchev–Trinajstić information content (AvgIpc) is 2.34. The highest BCUT2D eigenvalue weighted by Crippen LogP contribution is 2.18. The minimum Gasteiger partial charge on any atom is -0.299 e. The molecule has 2 rings (SSSR count). The first-order valence-electron chi connectivity index (χ1n) is 6.49. The standard InChI is InChI=1S/C15H21NO/c1-3-14-11-16(9-8-15(14)17)10-13-6-4-12(2)5-7-13/h4-7,14H,3,8-11H2,1-2H3. The van der Waals surface area contributed by atoms with Crippen LogP contribution in [0.25, 0.3) is 0 Å². The quantitative estimate of drug-likeness (QED) is 0.797. The number of carbonyl (C=O) groups excluding carboxylic acids is 1. The van der Waals surface area contributed by atoms with Gasteiger partial charge < -0.3 is 0 Å². The topological polar surface area (TPSA) is 20.3 Å². The third-order valence-electron chi connectivity index (χ3n) is 3.63. The van der Waals surface area contributed by atoms with Crippen LogP contribution in [0.2, 0.25) is 0 Å². The maximum absolute atomic E-state index is 11.6. The number of carbonyl (C=O) groups is 1. The Labute approximate surface area is 104 Å². The van der Waals surface area contributed by atoms with Gasteiger partial charge in [0.25, 0.3) is 0 Å². The zero-order chi connectivity index (χ0) is 12.3. The van der Waals surface area contributed by atoms with Crippen molar-refractivity contribution < 1.29 is 4.79 Å². The lowest BCUT2D eigenvalue weighted by Gasteiger charge is -2.31. The number of nitrogens with zero attached hydrogens (tertiary/aromatic N) is 1. The summed E-state index contributed by atoms with van der Waals surface area (Å²) in [4.78, 5) is 14.0. The van der Waals surface area contributed by atoms with E-state index in [4.69, 9.17) is 0 Å². The summed E-state index contributed by atoms with van der Waals surface area (Å²) in [6, 6.07) is 8.68. The molecule has 1 fully saturated rings. The van der Waals surface area contributed by atoms with E-state index in [1.54, 1.807) is 0 Å². The number of piperidine rings is 1. The van der Waals surface area contributed by atoms with Crippen molar-refractivity contribution in [1.82, 2.24) is 4.90 Å². The van der Waals surface area contributed by atoms with Gasteiger partial charge in [-0.05, 0) is 18.9 Å². The van der Waals surface area contributed by atoms with Gasteiger partial charge in [-0.3, -0.25) is 9.69 Å². The summed E-state index contributed by atoms with van der Waals surface area (Å²) in [6.07, 6.45) is 1.70. The number of hydrogen-bond acceptors (Lipinski definition) is 2. The Morgan fingerprint density at radius 3 is 2.65 bits per heavy atom. The van der Waals surface area contributed by atoms with Crippen molar-refractivity contribution >= 4 is 5.78 Å². The molecular formula is C15H21NO. The minimum absolute atomic E-state index is 0.259. The van der Waals surface area contributed by atoms with E-state index in [1.165, 1.54) is 11.1 Å². The van der Waals surface area contributed by atoms with Crippen LogP contribution in [-0.2, 0) is 11.3 Å². The summed E-state index contributed by atoms with van der Waals surface area (Å²) in [7, 11) is 0. The predicted octanol–water partition coefficient (Wildman–Crippen LogP) is 2.80. The third kappa shape index (κ3) is 3.16. The van der Waals surface area contributed by atoms with Crippen LogP contribution in [-0.4, -0.2) is 23.8 Å². The predicted molar refractivity (Wildman–Crippen MR) is 69.9 cm³/mol. The third-order valence-corrected chi connectivity index (χ3v) is 3.63. The van der Waals surface area contributed by atoms with Crippen molar-refractivity contribution in [1.29, 1.82) is 0 Å². The molecule has 0 saturated carbocycles. The smallest absolute Gasteiger partial charge is 0.138 e. The molecule has 1 aromatic carbocycles. The van der Waals surface area contributed by atoms with Crippen LogP contribution >= 0.6 is 0 Å². The zero-order valence-corrected chi connectivity index (χ0v) is 10.8. The molecule has 0 N–H and O–H groups in total. The maximum Gasteiger partial charge on any atom is 0.138 e. The summed E-state index contributed by atoms with van der Waals surface area (Å²) in [5.74, 6) is 0.710. The number of hydrogen-bond donors (Lipinski definition) is 0. The van der Waals surface area contributed by atoms with Crippen molar-refractivity contribution in [3.8, 4) is 0 Å². The Hall–Kier alpha value is -1.15. The molecule has 0 aromatic heterocycles. The second kappa shape index (κ2) is 5.46. The lowest BCUT2D eigenvalue weighted by Crippen LogP contribution is -2.40. The van der Waals surface area contributed by atoms with E-state index in [0.29, 0.717) is 5.78 Å². The monoisotopic (exact) mass is 231 g/mol. The summed E-state index contributed by atoms with van der Waals surface area (Å²) >= 11 is 0. The number of benzene rings is 1. The molecule has 1 aliphatic heterocycles. The second-order valence-electron chi connectivity index (χ2n) is 5.04. The molecule has 0 spiro atoms.